The van der Waals surface area contributed by atoms with Crippen LogP contribution in [0.2, 0.25) is 0 Å². The van der Waals surface area contributed by atoms with Crippen LogP contribution in [-0.4, -0.2) is 30.6 Å². The highest BCUT2D eigenvalue weighted by Crippen LogP contribution is 2.16. The quantitative estimate of drug-likeness (QED) is 0.792. The number of hydrogen-bond acceptors (Lipinski definition) is 2. The summed E-state index contributed by atoms with van der Waals surface area (Å²) in [6.45, 7) is 2.01. The number of carbonyl (C=O) groups excluding carboxylic acids is 1. The van der Waals surface area contributed by atoms with E-state index in [1.807, 2.05) is 0 Å². The highest BCUT2D eigenvalue weighted by atomic mass is 19.1. The summed E-state index contributed by atoms with van der Waals surface area (Å²) in [5.41, 5.74) is 6.06. The van der Waals surface area contributed by atoms with Crippen LogP contribution < -0.4 is 11.1 Å². The number of urea groups is 1. The lowest BCUT2D eigenvalue weighted by atomic mass is 10.0. The Balaban J connectivity index is 1.86. The number of carbonyl (C=O) groups is 1. The Labute approximate surface area is 93.2 Å². The molecule has 0 spiro atoms. The van der Waals surface area contributed by atoms with Crippen molar-refractivity contribution in [3.8, 4) is 0 Å². The third-order valence-corrected chi connectivity index (χ3v) is 2.67. The lowest BCUT2D eigenvalue weighted by molar-refractivity contribution is 0.135. The lowest BCUT2D eigenvalue weighted by Gasteiger charge is -2.38. The molecule has 1 aromatic carbocycles. The molecule has 1 heterocycles. The van der Waals surface area contributed by atoms with E-state index in [9.17, 15) is 9.18 Å². The molecule has 1 aliphatic heterocycles. The summed E-state index contributed by atoms with van der Waals surface area (Å²) in [5, 5.41) is 2.70. The van der Waals surface area contributed by atoms with Crippen LogP contribution in [-0.2, 0) is 0 Å². The van der Waals surface area contributed by atoms with Gasteiger partial charge in [0.05, 0.1) is 0 Å². The van der Waals surface area contributed by atoms with Gasteiger partial charge in [0.2, 0.25) is 0 Å². The van der Waals surface area contributed by atoms with Gasteiger partial charge in [-0.1, -0.05) is 0 Å². The summed E-state index contributed by atoms with van der Waals surface area (Å²) in [4.78, 5) is 13.3. The molecule has 86 valence electrons. The average Bonchev–Trinajstić information content (AvgIpc) is 2.20. The maximum Gasteiger partial charge on any atom is 0.321 e. The van der Waals surface area contributed by atoms with Crippen molar-refractivity contribution in [1.82, 2.24) is 4.90 Å². The molecule has 0 bridgehead atoms. The molecule has 0 aliphatic carbocycles. The van der Waals surface area contributed by atoms with Gasteiger partial charge in [-0.25, -0.2) is 9.18 Å². The van der Waals surface area contributed by atoms with Crippen molar-refractivity contribution in [3.63, 3.8) is 0 Å². The number of nitrogens with two attached hydrogens (primary N) is 1. The Morgan fingerprint density at radius 2 is 2.06 bits per heavy atom. The van der Waals surface area contributed by atoms with Crippen molar-refractivity contribution in [3.05, 3.63) is 30.1 Å². The number of rotatable bonds is 2. The number of amides is 2. The van der Waals surface area contributed by atoms with Crippen molar-refractivity contribution >= 4 is 11.7 Å². The molecule has 5 heteroatoms. The number of nitrogens with one attached hydrogen (secondary N) is 1. The minimum Gasteiger partial charge on any atom is -0.330 e. The molecule has 0 atom stereocenters. The first kappa shape index (κ1) is 10.9. The molecule has 1 aliphatic rings. The van der Waals surface area contributed by atoms with E-state index >= 15 is 0 Å². The zero-order valence-electron chi connectivity index (χ0n) is 8.82. The second-order valence-corrected chi connectivity index (χ2v) is 3.94. The maximum absolute atomic E-state index is 12.6. The fraction of sp³-hybridized carbons (Fsp3) is 0.364. The Kier molecular flexibility index (Phi) is 3.05. The van der Waals surface area contributed by atoms with Gasteiger partial charge in [-0.2, -0.15) is 0 Å². The summed E-state index contributed by atoms with van der Waals surface area (Å²) in [6.07, 6.45) is 0. The average molecular weight is 223 g/mol. The van der Waals surface area contributed by atoms with Gasteiger partial charge in [-0.15, -0.1) is 0 Å². The lowest BCUT2D eigenvalue weighted by Crippen LogP contribution is -2.53. The molecule has 0 unspecified atom stereocenters. The number of anilines is 1. The zero-order chi connectivity index (χ0) is 11.5. The van der Waals surface area contributed by atoms with Gasteiger partial charge in [0.1, 0.15) is 5.82 Å². The predicted molar refractivity (Wildman–Crippen MR) is 59.5 cm³/mol. The maximum atomic E-state index is 12.6. The Morgan fingerprint density at radius 1 is 1.44 bits per heavy atom. The van der Waals surface area contributed by atoms with E-state index in [0.29, 0.717) is 31.2 Å². The molecule has 4 nitrogen and oxygen atoms in total. The van der Waals surface area contributed by atoms with Gasteiger partial charge >= 0.3 is 6.03 Å². The number of nitrogens with zero attached hydrogens (tertiary/aromatic N) is 1. The van der Waals surface area contributed by atoms with Gasteiger partial charge in [0.25, 0.3) is 0 Å². The second-order valence-electron chi connectivity index (χ2n) is 3.94. The first-order chi connectivity index (χ1) is 7.69. The van der Waals surface area contributed by atoms with E-state index in [-0.39, 0.29) is 11.8 Å². The number of benzene rings is 1. The highest BCUT2D eigenvalue weighted by Gasteiger charge is 2.29. The minimum atomic E-state index is -0.315. The number of halogens is 1. The summed E-state index contributed by atoms with van der Waals surface area (Å²) < 4.78 is 12.6. The van der Waals surface area contributed by atoms with Crippen molar-refractivity contribution < 1.29 is 9.18 Å². The van der Waals surface area contributed by atoms with E-state index < -0.39 is 0 Å². The molecule has 2 amide bonds. The van der Waals surface area contributed by atoms with Gasteiger partial charge in [-0.05, 0) is 30.8 Å². The van der Waals surface area contributed by atoms with E-state index in [1.165, 1.54) is 24.3 Å². The first-order valence-corrected chi connectivity index (χ1v) is 5.20. The van der Waals surface area contributed by atoms with E-state index in [1.54, 1.807) is 4.90 Å². The zero-order valence-corrected chi connectivity index (χ0v) is 8.82. The van der Waals surface area contributed by atoms with Crippen LogP contribution in [0.1, 0.15) is 0 Å². The van der Waals surface area contributed by atoms with Crippen LogP contribution in [0.15, 0.2) is 24.3 Å². The molecule has 2 rings (SSSR count). The van der Waals surface area contributed by atoms with Crippen LogP contribution in [0.3, 0.4) is 0 Å². The molecule has 1 saturated heterocycles. The van der Waals surface area contributed by atoms with Crippen molar-refractivity contribution in [2.24, 2.45) is 11.7 Å². The summed E-state index contributed by atoms with van der Waals surface area (Å²) in [6, 6.07) is 5.54. The molecule has 0 aromatic heterocycles. The molecule has 3 N–H and O–H groups in total. The number of hydrogen-bond donors (Lipinski definition) is 2. The molecule has 0 radical (unpaired) electrons. The van der Waals surface area contributed by atoms with E-state index in [4.69, 9.17) is 5.73 Å². The van der Waals surface area contributed by atoms with Crippen LogP contribution in [0.4, 0.5) is 14.9 Å². The Bertz CT molecular complexity index is 373. The highest BCUT2D eigenvalue weighted by molar-refractivity contribution is 5.89. The standard InChI is InChI=1S/C11H14FN3O/c12-9-1-3-10(4-2-9)14-11(16)15-6-8(5-13)7-15/h1-4,8H,5-7,13H2,(H,14,16). The van der Waals surface area contributed by atoms with Crippen molar-refractivity contribution in [2.75, 3.05) is 25.0 Å². The smallest absolute Gasteiger partial charge is 0.321 e. The topological polar surface area (TPSA) is 58.4 Å². The first-order valence-electron chi connectivity index (χ1n) is 5.20. The molecular weight excluding hydrogens is 209 g/mol. The predicted octanol–water partition coefficient (Wildman–Crippen LogP) is 1.25. The fourth-order valence-electron chi connectivity index (χ4n) is 1.62. The largest absolute Gasteiger partial charge is 0.330 e. The normalized spacial score (nSPS) is 15.8. The third kappa shape index (κ3) is 2.30. The SMILES string of the molecule is NCC1CN(C(=O)Nc2ccc(F)cc2)C1. The molecule has 0 saturated carbocycles. The van der Waals surface area contributed by atoms with Gasteiger partial charge < -0.3 is 16.0 Å². The van der Waals surface area contributed by atoms with Crippen LogP contribution in [0, 0.1) is 11.7 Å². The third-order valence-electron chi connectivity index (χ3n) is 2.67. The van der Waals surface area contributed by atoms with E-state index in [0.717, 1.165) is 0 Å². The molecular formula is C11H14FN3O. The molecule has 1 fully saturated rings. The summed E-state index contributed by atoms with van der Waals surface area (Å²) in [7, 11) is 0. The van der Waals surface area contributed by atoms with E-state index in [2.05, 4.69) is 5.32 Å². The second kappa shape index (κ2) is 4.49. The summed E-state index contributed by atoms with van der Waals surface area (Å²) >= 11 is 0. The monoisotopic (exact) mass is 223 g/mol. The minimum absolute atomic E-state index is 0.156. The van der Waals surface area contributed by atoms with Crippen LogP contribution in [0.25, 0.3) is 0 Å². The molecule has 1 aromatic rings. The van der Waals surface area contributed by atoms with Gasteiger partial charge in [0, 0.05) is 24.7 Å². The Hall–Kier alpha value is -1.62. The van der Waals surface area contributed by atoms with Crippen LogP contribution in [0.5, 0.6) is 0 Å². The van der Waals surface area contributed by atoms with Crippen molar-refractivity contribution in [1.29, 1.82) is 0 Å². The van der Waals surface area contributed by atoms with Crippen LogP contribution >= 0.6 is 0 Å². The number of likely N-dealkylation sites (tertiary alicyclic amines) is 1. The Morgan fingerprint density at radius 3 is 2.62 bits per heavy atom. The van der Waals surface area contributed by atoms with Crippen molar-refractivity contribution in [2.45, 2.75) is 0 Å². The molecule has 16 heavy (non-hydrogen) atoms. The fourth-order valence-corrected chi connectivity index (χ4v) is 1.62. The van der Waals surface area contributed by atoms with Gasteiger partial charge in [0.15, 0.2) is 0 Å². The summed E-state index contributed by atoms with van der Waals surface area (Å²) in [5.74, 6) is 0.101. The van der Waals surface area contributed by atoms with Gasteiger partial charge in [-0.3, -0.25) is 0 Å².